The lowest BCUT2D eigenvalue weighted by molar-refractivity contribution is 0.0660. The lowest BCUT2D eigenvalue weighted by Crippen LogP contribution is -2.43. The van der Waals surface area contributed by atoms with Crippen molar-refractivity contribution in [3.63, 3.8) is 0 Å². The van der Waals surface area contributed by atoms with Gasteiger partial charge in [0.15, 0.2) is 0 Å². The zero-order valence-electron chi connectivity index (χ0n) is 11.5. The predicted molar refractivity (Wildman–Crippen MR) is 72.5 cm³/mol. The van der Waals surface area contributed by atoms with Crippen LogP contribution in [0.3, 0.4) is 0 Å². The Labute approximate surface area is 117 Å². The van der Waals surface area contributed by atoms with E-state index in [1.54, 1.807) is 6.07 Å². The van der Waals surface area contributed by atoms with Crippen LogP contribution in [-0.2, 0) is 6.54 Å². The minimum absolute atomic E-state index is 0.122. The van der Waals surface area contributed by atoms with E-state index >= 15 is 0 Å². The molecule has 6 heteroatoms. The Bertz CT molecular complexity index is 475. The molecule has 1 saturated carbocycles. The van der Waals surface area contributed by atoms with Gasteiger partial charge in [-0.2, -0.15) is 0 Å². The molecule has 20 heavy (non-hydrogen) atoms. The van der Waals surface area contributed by atoms with Crippen LogP contribution in [-0.4, -0.2) is 23.1 Å². The summed E-state index contributed by atoms with van der Waals surface area (Å²) in [6, 6.07) is 2.92. The molecule has 0 spiro atoms. The van der Waals surface area contributed by atoms with Crippen molar-refractivity contribution in [3.8, 4) is 0 Å². The zero-order chi connectivity index (χ0) is 14.5. The maximum absolute atomic E-state index is 11.7. The molecular formula is C14H20N2O4. The molecule has 6 nitrogen and oxygen atoms in total. The molecule has 0 atom stereocenters. The normalized spacial score (nSPS) is 22.2. The molecule has 110 valence electrons. The molecule has 0 aromatic carbocycles. The van der Waals surface area contributed by atoms with Gasteiger partial charge < -0.3 is 20.2 Å². The van der Waals surface area contributed by atoms with Crippen molar-refractivity contribution in [3.05, 3.63) is 23.7 Å². The van der Waals surface area contributed by atoms with E-state index in [2.05, 4.69) is 17.6 Å². The molecule has 0 unspecified atom stereocenters. The van der Waals surface area contributed by atoms with Crippen LogP contribution in [0.15, 0.2) is 16.5 Å². The third-order valence-electron chi connectivity index (χ3n) is 3.65. The van der Waals surface area contributed by atoms with Gasteiger partial charge in [-0.1, -0.05) is 6.92 Å². The van der Waals surface area contributed by atoms with Gasteiger partial charge in [-0.25, -0.2) is 9.59 Å². The zero-order valence-corrected chi connectivity index (χ0v) is 11.5. The number of carbonyl (C=O) groups is 2. The average molecular weight is 280 g/mol. The highest BCUT2D eigenvalue weighted by atomic mass is 16.4. The highest BCUT2D eigenvalue weighted by molar-refractivity contribution is 5.84. The molecule has 0 saturated heterocycles. The predicted octanol–water partition coefficient (Wildman–Crippen LogP) is 2.36. The molecule has 0 bridgehead atoms. The molecule has 1 aliphatic carbocycles. The fraction of sp³-hybridized carbons (Fsp3) is 0.571. The summed E-state index contributed by atoms with van der Waals surface area (Å²) in [6.45, 7) is 2.41. The van der Waals surface area contributed by atoms with Gasteiger partial charge in [-0.15, -0.1) is 0 Å². The summed E-state index contributed by atoms with van der Waals surface area (Å²) in [7, 11) is 0. The maximum atomic E-state index is 11.7. The Morgan fingerprint density at radius 1 is 1.30 bits per heavy atom. The second-order valence-electron chi connectivity index (χ2n) is 5.35. The number of hydrogen-bond acceptors (Lipinski definition) is 3. The van der Waals surface area contributed by atoms with Crippen LogP contribution in [0.1, 0.15) is 48.9 Å². The molecule has 1 aliphatic rings. The van der Waals surface area contributed by atoms with Gasteiger partial charge in [0.05, 0.1) is 6.54 Å². The first-order valence-electron chi connectivity index (χ1n) is 6.91. The summed E-state index contributed by atoms with van der Waals surface area (Å²) >= 11 is 0. The standard InChI is InChI=1S/C14H20N2O4/c1-9-2-4-10(5-3-9)16-14(19)15-8-11-6-7-12(20-11)13(17)18/h6-7,9-10H,2-5,8H2,1H3,(H,17,18)(H2,15,16,19). The molecule has 1 aromatic rings. The highest BCUT2D eigenvalue weighted by Gasteiger charge is 2.19. The summed E-state index contributed by atoms with van der Waals surface area (Å²) in [4.78, 5) is 22.4. The van der Waals surface area contributed by atoms with Crippen molar-refractivity contribution in [2.45, 2.75) is 45.2 Å². The number of rotatable bonds is 4. The van der Waals surface area contributed by atoms with Crippen LogP contribution >= 0.6 is 0 Å². The van der Waals surface area contributed by atoms with Crippen molar-refractivity contribution < 1.29 is 19.1 Å². The van der Waals surface area contributed by atoms with Crippen LogP contribution < -0.4 is 10.6 Å². The van der Waals surface area contributed by atoms with Gasteiger partial charge in [0, 0.05) is 6.04 Å². The summed E-state index contributed by atoms with van der Waals surface area (Å²) in [5, 5.41) is 14.3. The highest BCUT2D eigenvalue weighted by Crippen LogP contribution is 2.23. The van der Waals surface area contributed by atoms with Gasteiger partial charge in [0.2, 0.25) is 5.76 Å². The molecule has 1 aromatic heterocycles. The first-order valence-corrected chi connectivity index (χ1v) is 6.91. The van der Waals surface area contributed by atoms with Crippen molar-refractivity contribution in [2.24, 2.45) is 5.92 Å². The summed E-state index contributed by atoms with van der Waals surface area (Å²) in [6.07, 6.45) is 4.31. The first-order chi connectivity index (χ1) is 9.54. The Morgan fingerprint density at radius 2 is 2.00 bits per heavy atom. The quantitative estimate of drug-likeness (QED) is 0.789. The third kappa shape index (κ3) is 4.01. The fourth-order valence-corrected chi connectivity index (χ4v) is 2.40. The number of aromatic carboxylic acids is 1. The molecule has 1 fully saturated rings. The molecule has 0 aliphatic heterocycles. The summed E-state index contributed by atoms with van der Waals surface area (Å²) in [5.74, 6) is -0.0658. The van der Waals surface area contributed by atoms with Crippen LogP contribution in [0.25, 0.3) is 0 Å². The van der Waals surface area contributed by atoms with Crippen molar-refractivity contribution in [2.75, 3.05) is 0 Å². The first kappa shape index (κ1) is 14.4. The van der Waals surface area contributed by atoms with E-state index in [0.717, 1.165) is 31.6 Å². The molecule has 2 rings (SSSR count). The SMILES string of the molecule is CC1CCC(NC(=O)NCc2ccc(C(=O)O)o2)CC1. The van der Waals surface area contributed by atoms with E-state index in [0.29, 0.717) is 5.76 Å². The van der Waals surface area contributed by atoms with Crippen LogP contribution in [0.5, 0.6) is 0 Å². The van der Waals surface area contributed by atoms with Crippen LogP contribution in [0.4, 0.5) is 4.79 Å². The number of amides is 2. The minimum Gasteiger partial charge on any atom is -0.475 e. The van der Waals surface area contributed by atoms with Crippen molar-refractivity contribution in [1.29, 1.82) is 0 Å². The molecule has 3 N–H and O–H groups in total. The summed E-state index contributed by atoms with van der Waals surface area (Å²) in [5.41, 5.74) is 0. The smallest absolute Gasteiger partial charge is 0.371 e. The largest absolute Gasteiger partial charge is 0.475 e. The van der Waals surface area contributed by atoms with E-state index < -0.39 is 5.97 Å². The van der Waals surface area contributed by atoms with E-state index in [1.165, 1.54) is 6.07 Å². The summed E-state index contributed by atoms with van der Waals surface area (Å²) < 4.78 is 5.06. The monoisotopic (exact) mass is 280 g/mol. The Morgan fingerprint density at radius 3 is 2.60 bits per heavy atom. The van der Waals surface area contributed by atoms with E-state index in [4.69, 9.17) is 9.52 Å². The van der Waals surface area contributed by atoms with Crippen molar-refractivity contribution in [1.82, 2.24) is 10.6 Å². The van der Waals surface area contributed by atoms with Gasteiger partial charge >= 0.3 is 12.0 Å². The molecule has 0 radical (unpaired) electrons. The second-order valence-corrected chi connectivity index (χ2v) is 5.35. The Kier molecular flexibility index (Phi) is 4.65. The van der Waals surface area contributed by atoms with E-state index in [9.17, 15) is 9.59 Å². The topological polar surface area (TPSA) is 91.6 Å². The lowest BCUT2D eigenvalue weighted by Gasteiger charge is -2.26. The second kappa shape index (κ2) is 6.45. The average Bonchev–Trinajstić information content (AvgIpc) is 2.88. The van der Waals surface area contributed by atoms with Crippen molar-refractivity contribution >= 4 is 12.0 Å². The Hall–Kier alpha value is -1.98. The number of carboxylic acid groups (broad SMARTS) is 1. The number of nitrogens with one attached hydrogen (secondary N) is 2. The van der Waals surface area contributed by atoms with Crippen LogP contribution in [0, 0.1) is 5.92 Å². The lowest BCUT2D eigenvalue weighted by atomic mass is 9.87. The number of carboxylic acids is 1. The van der Waals surface area contributed by atoms with Gasteiger partial charge in [-0.05, 0) is 43.7 Å². The fourth-order valence-electron chi connectivity index (χ4n) is 2.40. The van der Waals surface area contributed by atoms with Crippen LogP contribution in [0.2, 0.25) is 0 Å². The minimum atomic E-state index is -1.11. The molecule has 2 amide bonds. The third-order valence-corrected chi connectivity index (χ3v) is 3.65. The van der Waals surface area contributed by atoms with Gasteiger partial charge in [0.25, 0.3) is 0 Å². The molecule has 1 heterocycles. The maximum Gasteiger partial charge on any atom is 0.371 e. The van der Waals surface area contributed by atoms with E-state index in [-0.39, 0.29) is 24.4 Å². The van der Waals surface area contributed by atoms with E-state index in [1.807, 2.05) is 0 Å². The molecular weight excluding hydrogens is 260 g/mol. The number of urea groups is 1. The van der Waals surface area contributed by atoms with Gasteiger partial charge in [-0.3, -0.25) is 0 Å². The number of hydrogen-bond donors (Lipinski definition) is 3. The number of carbonyl (C=O) groups excluding carboxylic acids is 1. The van der Waals surface area contributed by atoms with Gasteiger partial charge in [0.1, 0.15) is 5.76 Å². The Balaban J connectivity index is 1.73. The number of furan rings is 1.